The van der Waals surface area contributed by atoms with Gasteiger partial charge in [0.2, 0.25) is 0 Å². The van der Waals surface area contributed by atoms with Gasteiger partial charge in [-0.05, 0) is 67.5 Å². The molecule has 0 aliphatic heterocycles. The van der Waals surface area contributed by atoms with E-state index in [1.165, 1.54) is 33.6 Å². The van der Waals surface area contributed by atoms with Crippen LogP contribution in [0.4, 0.5) is 0 Å². The van der Waals surface area contributed by atoms with E-state index in [2.05, 4.69) is 63.6 Å². The summed E-state index contributed by atoms with van der Waals surface area (Å²) >= 11 is 0. The van der Waals surface area contributed by atoms with Crippen LogP contribution in [0.15, 0.2) is 24.5 Å². The van der Waals surface area contributed by atoms with Crippen molar-refractivity contribution in [2.45, 2.75) is 59.8 Å². The summed E-state index contributed by atoms with van der Waals surface area (Å²) in [5.41, 5.74) is 7.81. The van der Waals surface area contributed by atoms with Crippen LogP contribution in [0.5, 0.6) is 0 Å². The molecule has 0 N–H and O–H groups in total. The molecule has 0 aliphatic rings. The zero-order chi connectivity index (χ0) is 15.6. The van der Waals surface area contributed by atoms with E-state index >= 15 is 0 Å². The molecule has 0 bridgehead atoms. The first-order valence-electron chi connectivity index (χ1n) is 7.78. The van der Waals surface area contributed by atoms with Crippen molar-refractivity contribution in [3.8, 4) is 0 Å². The Morgan fingerprint density at radius 2 is 1.48 bits per heavy atom. The highest BCUT2D eigenvalue weighted by molar-refractivity contribution is 5.34. The molecule has 0 amide bonds. The first kappa shape index (κ1) is 15.7. The van der Waals surface area contributed by atoms with Crippen molar-refractivity contribution >= 4 is 0 Å². The number of rotatable bonds is 4. The Morgan fingerprint density at radius 3 is 2.14 bits per heavy atom. The molecular formula is C19H26N2. The molecular weight excluding hydrogens is 256 g/mol. The van der Waals surface area contributed by atoms with Crippen LogP contribution in [0, 0.1) is 20.8 Å². The van der Waals surface area contributed by atoms with Crippen molar-refractivity contribution in [3.05, 3.63) is 58.2 Å². The third-order valence-electron chi connectivity index (χ3n) is 4.41. The SMILES string of the molecule is Cc1ccnc(C(C)Cc2ccnc(C(C)C)c2C)c1C. The van der Waals surface area contributed by atoms with Gasteiger partial charge in [0.1, 0.15) is 0 Å². The van der Waals surface area contributed by atoms with E-state index in [9.17, 15) is 0 Å². The molecule has 1 unspecified atom stereocenters. The van der Waals surface area contributed by atoms with Crippen LogP contribution in [-0.2, 0) is 6.42 Å². The summed E-state index contributed by atoms with van der Waals surface area (Å²) in [5.74, 6) is 0.894. The fourth-order valence-electron chi connectivity index (χ4n) is 2.97. The predicted molar refractivity (Wildman–Crippen MR) is 88.9 cm³/mol. The van der Waals surface area contributed by atoms with Crippen molar-refractivity contribution in [3.63, 3.8) is 0 Å². The third-order valence-corrected chi connectivity index (χ3v) is 4.41. The molecule has 1 atom stereocenters. The Kier molecular flexibility index (Phi) is 4.76. The van der Waals surface area contributed by atoms with Crippen LogP contribution in [-0.4, -0.2) is 9.97 Å². The van der Waals surface area contributed by atoms with Crippen molar-refractivity contribution < 1.29 is 0 Å². The predicted octanol–water partition coefficient (Wildman–Crippen LogP) is 4.87. The lowest BCUT2D eigenvalue weighted by Gasteiger charge is -2.18. The van der Waals surface area contributed by atoms with Gasteiger partial charge in [0.25, 0.3) is 0 Å². The monoisotopic (exact) mass is 282 g/mol. The molecule has 21 heavy (non-hydrogen) atoms. The molecule has 0 fully saturated rings. The Bertz CT molecular complexity index is 629. The molecule has 112 valence electrons. The highest BCUT2D eigenvalue weighted by atomic mass is 14.7. The lowest BCUT2D eigenvalue weighted by molar-refractivity contribution is 0.711. The number of nitrogens with zero attached hydrogens (tertiary/aromatic N) is 2. The molecule has 2 nitrogen and oxygen atoms in total. The van der Waals surface area contributed by atoms with Crippen molar-refractivity contribution in [2.75, 3.05) is 0 Å². The molecule has 2 rings (SSSR count). The Balaban J connectivity index is 2.30. The topological polar surface area (TPSA) is 25.8 Å². The second kappa shape index (κ2) is 6.38. The fourth-order valence-corrected chi connectivity index (χ4v) is 2.97. The van der Waals surface area contributed by atoms with Crippen LogP contribution in [0.2, 0.25) is 0 Å². The largest absolute Gasteiger partial charge is 0.261 e. The van der Waals surface area contributed by atoms with Crippen molar-refractivity contribution in [2.24, 2.45) is 0 Å². The quantitative estimate of drug-likeness (QED) is 0.799. The molecule has 0 saturated heterocycles. The molecule has 0 aliphatic carbocycles. The van der Waals surface area contributed by atoms with E-state index in [1.807, 2.05) is 12.4 Å². The minimum atomic E-state index is 0.422. The highest BCUT2D eigenvalue weighted by Gasteiger charge is 2.15. The summed E-state index contributed by atoms with van der Waals surface area (Å²) in [5, 5.41) is 0. The Labute approximate surface area is 128 Å². The second-order valence-corrected chi connectivity index (χ2v) is 6.38. The molecule has 2 aromatic heterocycles. The number of hydrogen-bond acceptors (Lipinski definition) is 2. The number of pyridine rings is 2. The highest BCUT2D eigenvalue weighted by Crippen LogP contribution is 2.26. The van der Waals surface area contributed by atoms with Gasteiger partial charge in [-0.2, -0.15) is 0 Å². The first-order chi connectivity index (χ1) is 9.91. The van der Waals surface area contributed by atoms with Crippen LogP contribution in [0.1, 0.15) is 66.2 Å². The van der Waals surface area contributed by atoms with Gasteiger partial charge in [-0.15, -0.1) is 0 Å². The minimum Gasteiger partial charge on any atom is -0.261 e. The molecule has 0 spiro atoms. The van der Waals surface area contributed by atoms with Gasteiger partial charge >= 0.3 is 0 Å². The van der Waals surface area contributed by atoms with Gasteiger partial charge in [0.15, 0.2) is 0 Å². The second-order valence-electron chi connectivity index (χ2n) is 6.38. The summed E-state index contributed by atoms with van der Waals surface area (Å²) < 4.78 is 0. The van der Waals surface area contributed by atoms with Crippen LogP contribution in [0.25, 0.3) is 0 Å². The normalized spacial score (nSPS) is 12.7. The summed E-state index contributed by atoms with van der Waals surface area (Å²) in [7, 11) is 0. The smallest absolute Gasteiger partial charge is 0.0466 e. The van der Waals surface area contributed by atoms with E-state index in [4.69, 9.17) is 0 Å². The third kappa shape index (κ3) is 3.31. The number of hydrogen-bond donors (Lipinski definition) is 0. The van der Waals surface area contributed by atoms with Crippen LogP contribution < -0.4 is 0 Å². The molecule has 0 radical (unpaired) electrons. The molecule has 2 aromatic rings. The average molecular weight is 282 g/mol. The van der Waals surface area contributed by atoms with Gasteiger partial charge in [-0.3, -0.25) is 9.97 Å². The maximum Gasteiger partial charge on any atom is 0.0466 e. The van der Waals surface area contributed by atoms with E-state index in [-0.39, 0.29) is 0 Å². The van der Waals surface area contributed by atoms with E-state index < -0.39 is 0 Å². The van der Waals surface area contributed by atoms with Crippen LogP contribution >= 0.6 is 0 Å². The zero-order valence-corrected chi connectivity index (χ0v) is 14.1. The standard InChI is InChI=1S/C19H26N2/c1-12(2)18-16(6)17(8-10-20-18)11-14(4)19-15(5)13(3)7-9-21-19/h7-10,12,14H,11H2,1-6H3. The van der Waals surface area contributed by atoms with Crippen LogP contribution in [0.3, 0.4) is 0 Å². The van der Waals surface area contributed by atoms with Crippen molar-refractivity contribution in [1.29, 1.82) is 0 Å². The average Bonchev–Trinajstić information content (AvgIpc) is 2.43. The summed E-state index contributed by atoms with van der Waals surface area (Å²) in [6, 6.07) is 4.24. The van der Waals surface area contributed by atoms with E-state index in [1.54, 1.807) is 0 Å². The Hall–Kier alpha value is -1.70. The van der Waals surface area contributed by atoms with Gasteiger partial charge in [0.05, 0.1) is 0 Å². The maximum atomic E-state index is 4.61. The lowest BCUT2D eigenvalue weighted by atomic mass is 9.90. The summed E-state index contributed by atoms with van der Waals surface area (Å²) in [6.07, 6.45) is 4.89. The zero-order valence-electron chi connectivity index (χ0n) is 14.1. The van der Waals surface area contributed by atoms with Gasteiger partial charge in [-0.25, -0.2) is 0 Å². The number of aryl methyl sites for hydroxylation is 1. The molecule has 2 heteroatoms. The first-order valence-corrected chi connectivity index (χ1v) is 7.78. The van der Waals surface area contributed by atoms with Crippen molar-refractivity contribution in [1.82, 2.24) is 9.97 Å². The van der Waals surface area contributed by atoms with Gasteiger partial charge in [-0.1, -0.05) is 20.8 Å². The summed E-state index contributed by atoms with van der Waals surface area (Å²) in [4.78, 5) is 9.14. The molecule has 0 saturated carbocycles. The summed E-state index contributed by atoms with van der Waals surface area (Å²) in [6.45, 7) is 13.2. The number of aromatic nitrogens is 2. The fraction of sp³-hybridized carbons (Fsp3) is 0.474. The van der Waals surface area contributed by atoms with E-state index in [0.717, 1.165) is 6.42 Å². The van der Waals surface area contributed by atoms with Gasteiger partial charge in [0, 0.05) is 29.7 Å². The lowest BCUT2D eigenvalue weighted by Crippen LogP contribution is -2.08. The van der Waals surface area contributed by atoms with E-state index in [0.29, 0.717) is 11.8 Å². The molecule has 0 aromatic carbocycles. The molecule has 2 heterocycles. The van der Waals surface area contributed by atoms with Gasteiger partial charge < -0.3 is 0 Å². The maximum absolute atomic E-state index is 4.61. The minimum absolute atomic E-state index is 0.422. The Morgan fingerprint density at radius 1 is 0.857 bits per heavy atom.